The van der Waals surface area contributed by atoms with E-state index in [4.69, 9.17) is 4.74 Å². The maximum absolute atomic E-state index is 11.8. The lowest BCUT2D eigenvalue weighted by Crippen LogP contribution is -2.33. The molecule has 1 amide bonds. The molecular weight excluding hydrogens is 254 g/mol. The normalized spacial score (nSPS) is 20.9. The Morgan fingerprint density at radius 1 is 1.55 bits per heavy atom. The Hall–Kier alpha value is -1.49. The summed E-state index contributed by atoms with van der Waals surface area (Å²) in [5, 5.41) is 2.94. The molecule has 1 unspecified atom stereocenters. The zero-order chi connectivity index (χ0) is 14.6. The smallest absolute Gasteiger partial charge is 0.220 e. The second-order valence-corrected chi connectivity index (χ2v) is 5.94. The quantitative estimate of drug-likeness (QED) is 0.891. The van der Waals surface area contributed by atoms with Gasteiger partial charge in [-0.15, -0.1) is 0 Å². The molecule has 1 atom stereocenters. The van der Waals surface area contributed by atoms with Gasteiger partial charge in [0.25, 0.3) is 0 Å². The largest absolute Gasteiger partial charge is 0.371 e. The number of amides is 1. The number of ether oxygens (including phenoxy) is 1. The Morgan fingerprint density at radius 2 is 2.35 bits per heavy atom. The van der Waals surface area contributed by atoms with Gasteiger partial charge in [-0.2, -0.15) is 0 Å². The average Bonchev–Trinajstić information content (AvgIpc) is 2.74. The van der Waals surface area contributed by atoms with Gasteiger partial charge in [-0.05, 0) is 46.1 Å². The summed E-state index contributed by atoms with van der Waals surface area (Å²) in [7, 11) is 0. The van der Waals surface area contributed by atoms with Gasteiger partial charge in [0.15, 0.2) is 0 Å². The molecule has 0 bridgehead atoms. The highest BCUT2D eigenvalue weighted by Crippen LogP contribution is 2.28. The second-order valence-electron chi connectivity index (χ2n) is 5.94. The predicted molar refractivity (Wildman–Crippen MR) is 76.3 cm³/mol. The van der Waals surface area contributed by atoms with Crippen molar-refractivity contribution in [2.24, 2.45) is 0 Å². The van der Waals surface area contributed by atoms with Crippen LogP contribution in [-0.4, -0.2) is 34.1 Å². The Balaban J connectivity index is 1.68. The summed E-state index contributed by atoms with van der Waals surface area (Å²) in [6.45, 7) is 6.63. The highest BCUT2D eigenvalue weighted by atomic mass is 16.5. The highest BCUT2D eigenvalue weighted by molar-refractivity contribution is 5.76. The number of rotatable bonds is 5. The summed E-state index contributed by atoms with van der Waals surface area (Å²) < 4.78 is 5.84. The standard InChI is InChI=1S/C15H23N3O2/c1-11-16-9-7-12(18-11)4-5-14(19)17-10-13-6-8-15(2,3)20-13/h7,9,13H,4-6,8,10H2,1-3H3,(H,17,19). The van der Waals surface area contributed by atoms with Gasteiger partial charge in [0.2, 0.25) is 5.91 Å². The molecule has 0 radical (unpaired) electrons. The summed E-state index contributed by atoms with van der Waals surface area (Å²) in [6, 6.07) is 1.85. The van der Waals surface area contributed by atoms with E-state index in [1.165, 1.54) is 0 Å². The van der Waals surface area contributed by atoms with E-state index in [1.54, 1.807) is 6.20 Å². The van der Waals surface area contributed by atoms with Crippen molar-refractivity contribution in [3.05, 3.63) is 23.8 Å². The van der Waals surface area contributed by atoms with Crippen LogP contribution in [-0.2, 0) is 16.0 Å². The third-order valence-electron chi connectivity index (χ3n) is 3.52. The lowest BCUT2D eigenvalue weighted by Gasteiger charge is -2.19. The second kappa shape index (κ2) is 6.31. The van der Waals surface area contributed by atoms with Crippen LogP contribution in [0.15, 0.2) is 12.3 Å². The highest BCUT2D eigenvalue weighted by Gasteiger charge is 2.31. The van der Waals surface area contributed by atoms with Gasteiger partial charge in [-0.25, -0.2) is 9.97 Å². The molecule has 0 aromatic carbocycles. The SMILES string of the molecule is Cc1nccc(CCC(=O)NCC2CCC(C)(C)O2)n1. The van der Waals surface area contributed by atoms with Crippen LogP contribution in [0.4, 0.5) is 0 Å². The van der Waals surface area contributed by atoms with Crippen molar-refractivity contribution in [2.75, 3.05) is 6.54 Å². The van der Waals surface area contributed by atoms with Crippen LogP contribution < -0.4 is 5.32 Å². The van der Waals surface area contributed by atoms with Gasteiger partial charge < -0.3 is 10.1 Å². The van der Waals surface area contributed by atoms with Gasteiger partial charge in [-0.1, -0.05) is 0 Å². The van der Waals surface area contributed by atoms with E-state index in [0.29, 0.717) is 19.4 Å². The van der Waals surface area contributed by atoms with Crippen molar-refractivity contribution in [1.29, 1.82) is 0 Å². The molecule has 2 rings (SSSR count). The van der Waals surface area contributed by atoms with Crippen molar-refractivity contribution < 1.29 is 9.53 Å². The molecular formula is C15H23N3O2. The molecule has 1 aromatic rings. The van der Waals surface area contributed by atoms with E-state index in [-0.39, 0.29) is 17.6 Å². The minimum absolute atomic E-state index is 0.0477. The number of carbonyl (C=O) groups excluding carboxylic acids is 1. The molecule has 0 aliphatic carbocycles. The summed E-state index contributed by atoms with van der Waals surface area (Å²) in [5.74, 6) is 0.791. The zero-order valence-corrected chi connectivity index (χ0v) is 12.5. The Morgan fingerprint density at radius 3 is 3.00 bits per heavy atom. The van der Waals surface area contributed by atoms with Crippen LogP contribution in [0.2, 0.25) is 0 Å². The number of nitrogens with one attached hydrogen (secondary N) is 1. The fraction of sp³-hybridized carbons (Fsp3) is 0.667. The maximum atomic E-state index is 11.8. The van der Waals surface area contributed by atoms with Gasteiger partial charge in [0.1, 0.15) is 5.82 Å². The van der Waals surface area contributed by atoms with Crippen molar-refractivity contribution >= 4 is 5.91 Å². The number of hydrogen-bond donors (Lipinski definition) is 1. The number of hydrogen-bond acceptors (Lipinski definition) is 4. The summed E-state index contributed by atoms with van der Waals surface area (Å²) in [4.78, 5) is 20.1. The monoisotopic (exact) mass is 277 g/mol. The van der Waals surface area contributed by atoms with Crippen molar-refractivity contribution in [1.82, 2.24) is 15.3 Å². The van der Waals surface area contributed by atoms with E-state index in [0.717, 1.165) is 24.4 Å². The lowest BCUT2D eigenvalue weighted by molar-refractivity contribution is -0.122. The van der Waals surface area contributed by atoms with Gasteiger partial charge >= 0.3 is 0 Å². The fourth-order valence-electron chi connectivity index (χ4n) is 2.42. The first-order chi connectivity index (χ1) is 9.44. The molecule has 1 aromatic heterocycles. The molecule has 5 nitrogen and oxygen atoms in total. The van der Waals surface area contributed by atoms with Gasteiger partial charge in [0.05, 0.1) is 11.7 Å². The Bertz CT molecular complexity index is 474. The fourth-order valence-corrected chi connectivity index (χ4v) is 2.42. The number of aromatic nitrogens is 2. The van der Waals surface area contributed by atoms with E-state index >= 15 is 0 Å². The van der Waals surface area contributed by atoms with Crippen LogP contribution in [0, 0.1) is 6.92 Å². The third-order valence-corrected chi connectivity index (χ3v) is 3.52. The number of nitrogens with zero attached hydrogens (tertiary/aromatic N) is 2. The maximum Gasteiger partial charge on any atom is 0.220 e. The first-order valence-electron chi connectivity index (χ1n) is 7.18. The van der Waals surface area contributed by atoms with Crippen LogP contribution in [0.3, 0.4) is 0 Å². The third kappa shape index (κ3) is 4.56. The number of aryl methyl sites for hydroxylation is 2. The van der Waals surface area contributed by atoms with Crippen molar-refractivity contribution in [2.45, 2.75) is 58.2 Å². The number of carbonyl (C=O) groups is 1. The minimum atomic E-state index is -0.0477. The van der Waals surface area contributed by atoms with Gasteiger partial charge in [-0.3, -0.25) is 4.79 Å². The van der Waals surface area contributed by atoms with Crippen LogP contribution in [0.5, 0.6) is 0 Å². The first kappa shape index (κ1) is 14.9. The van der Waals surface area contributed by atoms with Crippen LogP contribution in [0.25, 0.3) is 0 Å². The molecule has 110 valence electrons. The lowest BCUT2D eigenvalue weighted by atomic mass is 10.1. The van der Waals surface area contributed by atoms with Crippen molar-refractivity contribution in [3.63, 3.8) is 0 Å². The van der Waals surface area contributed by atoms with E-state index < -0.39 is 0 Å². The summed E-state index contributed by atoms with van der Waals surface area (Å²) >= 11 is 0. The van der Waals surface area contributed by atoms with Crippen LogP contribution >= 0.6 is 0 Å². The molecule has 0 saturated carbocycles. The molecule has 20 heavy (non-hydrogen) atoms. The predicted octanol–water partition coefficient (Wildman–Crippen LogP) is 1.79. The zero-order valence-electron chi connectivity index (χ0n) is 12.5. The van der Waals surface area contributed by atoms with Crippen molar-refractivity contribution in [3.8, 4) is 0 Å². The van der Waals surface area contributed by atoms with Gasteiger partial charge in [0, 0.05) is 24.9 Å². The molecule has 1 aliphatic heterocycles. The Kier molecular flexibility index (Phi) is 4.70. The Labute approximate surface area is 120 Å². The van der Waals surface area contributed by atoms with E-state index in [1.807, 2.05) is 13.0 Å². The minimum Gasteiger partial charge on any atom is -0.371 e. The summed E-state index contributed by atoms with van der Waals surface area (Å²) in [5.41, 5.74) is 0.861. The first-order valence-corrected chi connectivity index (χ1v) is 7.18. The van der Waals surface area contributed by atoms with E-state index in [2.05, 4.69) is 29.1 Å². The molecule has 1 saturated heterocycles. The molecule has 0 spiro atoms. The molecule has 5 heteroatoms. The van der Waals surface area contributed by atoms with Crippen LogP contribution in [0.1, 0.15) is 44.6 Å². The molecule has 1 fully saturated rings. The van der Waals surface area contributed by atoms with E-state index in [9.17, 15) is 4.79 Å². The summed E-state index contributed by atoms with van der Waals surface area (Å²) in [6.07, 6.45) is 5.03. The topological polar surface area (TPSA) is 64.1 Å². The molecule has 1 N–H and O–H groups in total. The molecule has 2 heterocycles. The molecule has 1 aliphatic rings. The average molecular weight is 277 g/mol.